The molecule has 0 unspecified atom stereocenters. The minimum absolute atomic E-state index is 0.0569. The van der Waals surface area contributed by atoms with Crippen molar-refractivity contribution in [2.75, 3.05) is 25.5 Å². The summed E-state index contributed by atoms with van der Waals surface area (Å²) in [7, 11) is -2.15. The third-order valence-electron chi connectivity index (χ3n) is 2.90. The Morgan fingerprint density at radius 2 is 2.00 bits per heavy atom. The molecule has 0 radical (unpaired) electrons. The summed E-state index contributed by atoms with van der Waals surface area (Å²) in [5.41, 5.74) is 0.0358. The summed E-state index contributed by atoms with van der Waals surface area (Å²) in [6.45, 7) is 4.34. The number of rotatable bonds is 7. The van der Waals surface area contributed by atoms with E-state index in [-0.39, 0.29) is 16.3 Å². The smallest absolute Gasteiger partial charge is 0.293 e. The first-order valence-electron chi connectivity index (χ1n) is 6.34. The van der Waals surface area contributed by atoms with E-state index in [0.29, 0.717) is 19.5 Å². The van der Waals surface area contributed by atoms with Crippen molar-refractivity contribution in [3.8, 4) is 0 Å². The lowest BCUT2D eigenvalue weighted by Crippen LogP contribution is -2.31. The Labute approximate surface area is 118 Å². The highest BCUT2D eigenvalue weighted by atomic mass is 32.2. The van der Waals surface area contributed by atoms with Crippen LogP contribution in [-0.2, 0) is 10.0 Å². The zero-order chi connectivity index (χ0) is 15.3. The third kappa shape index (κ3) is 3.26. The highest BCUT2D eigenvalue weighted by Crippen LogP contribution is 2.28. The fourth-order valence-electron chi connectivity index (χ4n) is 1.88. The van der Waals surface area contributed by atoms with Gasteiger partial charge in [0, 0.05) is 26.2 Å². The second-order valence-electron chi connectivity index (χ2n) is 4.18. The van der Waals surface area contributed by atoms with Crippen molar-refractivity contribution in [1.29, 1.82) is 0 Å². The lowest BCUT2D eigenvalue weighted by atomic mass is 10.3. The Morgan fingerprint density at radius 1 is 1.35 bits per heavy atom. The highest BCUT2D eigenvalue weighted by Gasteiger charge is 2.25. The molecule has 0 heterocycles. The number of hydrogen-bond donors (Lipinski definition) is 1. The van der Waals surface area contributed by atoms with Gasteiger partial charge in [-0.1, -0.05) is 13.8 Å². The molecule has 0 saturated heterocycles. The molecule has 0 fully saturated rings. The van der Waals surface area contributed by atoms with E-state index < -0.39 is 14.9 Å². The maximum absolute atomic E-state index is 12.4. The second kappa shape index (κ2) is 6.67. The van der Waals surface area contributed by atoms with Crippen LogP contribution in [0.5, 0.6) is 0 Å². The molecule has 0 aliphatic rings. The van der Waals surface area contributed by atoms with Crippen molar-refractivity contribution < 1.29 is 13.3 Å². The van der Waals surface area contributed by atoms with Gasteiger partial charge in [0.25, 0.3) is 5.69 Å². The van der Waals surface area contributed by atoms with Gasteiger partial charge in [0.15, 0.2) is 0 Å². The van der Waals surface area contributed by atoms with Gasteiger partial charge in [-0.25, -0.2) is 8.42 Å². The minimum atomic E-state index is -3.69. The Kier molecular flexibility index (Phi) is 5.46. The predicted molar refractivity (Wildman–Crippen MR) is 77.4 cm³/mol. The van der Waals surface area contributed by atoms with Crippen LogP contribution < -0.4 is 5.32 Å². The average Bonchev–Trinajstić information content (AvgIpc) is 2.43. The molecule has 0 aliphatic heterocycles. The first-order chi connectivity index (χ1) is 9.38. The number of anilines is 1. The lowest BCUT2D eigenvalue weighted by molar-refractivity contribution is -0.384. The van der Waals surface area contributed by atoms with E-state index in [9.17, 15) is 18.5 Å². The van der Waals surface area contributed by atoms with Gasteiger partial charge in [-0.15, -0.1) is 0 Å². The van der Waals surface area contributed by atoms with E-state index in [1.807, 2.05) is 6.92 Å². The molecule has 0 aromatic heterocycles. The van der Waals surface area contributed by atoms with Crippen molar-refractivity contribution in [1.82, 2.24) is 4.31 Å². The Morgan fingerprint density at radius 3 is 2.45 bits per heavy atom. The van der Waals surface area contributed by atoms with Gasteiger partial charge >= 0.3 is 0 Å². The van der Waals surface area contributed by atoms with Gasteiger partial charge in [-0.05, 0) is 18.6 Å². The van der Waals surface area contributed by atoms with Crippen LogP contribution in [0.2, 0.25) is 0 Å². The van der Waals surface area contributed by atoms with Crippen LogP contribution in [0.3, 0.4) is 0 Å². The largest absolute Gasteiger partial charge is 0.383 e. The topological polar surface area (TPSA) is 92.6 Å². The number of nitrogens with one attached hydrogen (secondary N) is 1. The second-order valence-corrected chi connectivity index (χ2v) is 6.12. The van der Waals surface area contributed by atoms with E-state index in [4.69, 9.17) is 0 Å². The zero-order valence-corrected chi connectivity index (χ0v) is 12.6. The van der Waals surface area contributed by atoms with Crippen LogP contribution in [0.1, 0.15) is 20.3 Å². The third-order valence-corrected chi connectivity index (χ3v) is 4.87. The molecule has 112 valence electrons. The first kappa shape index (κ1) is 16.4. The van der Waals surface area contributed by atoms with Gasteiger partial charge in [-0.3, -0.25) is 10.1 Å². The number of benzene rings is 1. The number of hydrogen-bond acceptors (Lipinski definition) is 5. The van der Waals surface area contributed by atoms with Crippen LogP contribution in [-0.4, -0.2) is 37.8 Å². The number of nitro benzene ring substituents is 1. The lowest BCUT2D eigenvalue weighted by Gasteiger charge is -2.19. The summed E-state index contributed by atoms with van der Waals surface area (Å²) in [6, 6.07) is 3.89. The standard InChI is InChI=1S/C12H19N3O4S/c1-4-8-14(5-2)20(18,19)10-6-7-11(13-3)12(9-10)15(16)17/h6-7,9,13H,4-5,8H2,1-3H3. The van der Waals surface area contributed by atoms with Gasteiger partial charge in [-0.2, -0.15) is 4.31 Å². The molecule has 0 atom stereocenters. The molecule has 1 aromatic carbocycles. The van der Waals surface area contributed by atoms with E-state index >= 15 is 0 Å². The van der Waals surface area contributed by atoms with Gasteiger partial charge in [0.2, 0.25) is 10.0 Å². The molecule has 0 amide bonds. The molecule has 8 heteroatoms. The Bertz CT molecular complexity index is 586. The SMILES string of the molecule is CCCN(CC)S(=O)(=O)c1ccc(NC)c([N+](=O)[O-])c1. The maximum atomic E-state index is 12.4. The fourth-order valence-corrected chi connectivity index (χ4v) is 3.44. The summed E-state index contributed by atoms with van der Waals surface area (Å²) < 4.78 is 26.1. The molecule has 1 rings (SSSR count). The van der Waals surface area contributed by atoms with E-state index in [2.05, 4.69) is 5.32 Å². The molecular formula is C12H19N3O4S. The predicted octanol–water partition coefficient (Wildman–Crippen LogP) is 2.06. The van der Waals surface area contributed by atoms with Gasteiger partial charge in [0.1, 0.15) is 5.69 Å². The van der Waals surface area contributed by atoms with Crippen molar-refractivity contribution in [2.45, 2.75) is 25.2 Å². The highest BCUT2D eigenvalue weighted by molar-refractivity contribution is 7.89. The van der Waals surface area contributed by atoms with Crippen molar-refractivity contribution in [3.05, 3.63) is 28.3 Å². The normalized spacial score (nSPS) is 11.6. The number of nitro groups is 1. The van der Waals surface area contributed by atoms with Gasteiger partial charge < -0.3 is 5.32 Å². The summed E-state index contributed by atoms with van der Waals surface area (Å²) in [6.07, 6.45) is 0.684. The molecule has 0 bridgehead atoms. The Balaban J connectivity index is 3.32. The molecular weight excluding hydrogens is 282 g/mol. The monoisotopic (exact) mass is 301 g/mol. The first-order valence-corrected chi connectivity index (χ1v) is 7.78. The summed E-state index contributed by atoms with van der Waals surface area (Å²) in [4.78, 5) is 10.3. The summed E-state index contributed by atoms with van der Waals surface area (Å²) >= 11 is 0. The zero-order valence-electron chi connectivity index (χ0n) is 11.8. The van der Waals surface area contributed by atoms with Crippen LogP contribution in [0, 0.1) is 10.1 Å². The molecule has 0 aliphatic carbocycles. The van der Waals surface area contributed by atoms with E-state index in [1.54, 1.807) is 14.0 Å². The van der Waals surface area contributed by atoms with Crippen LogP contribution in [0.25, 0.3) is 0 Å². The fraction of sp³-hybridized carbons (Fsp3) is 0.500. The molecule has 0 saturated carbocycles. The van der Waals surface area contributed by atoms with Crippen LogP contribution in [0.15, 0.2) is 23.1 Å². The minimum Gasteiger partial charge on any atom is -0.383 e. The van der Waals surface area contributed by atoms with Crippen molar-refractivity contribution >= 4 is 21.4 Å². The average molecular weight is 301 g/mol. The van der Waals surface area contributed by atoms with E-state index in [1.165, 1.54) is 16.4 Å². The molecule has 7 nitrogen and oxygen atoms in total. The quantitative estimate of drug-likeness (QED) is 0.614. The molecule has 20 heavy (non-hydrogen) atoms. The molecule has 1 N–H and O–H groups in total. The van der Waals surface area contributed by atoms with Crippen LogP contribution >= 0.6 is 0 Å². The molecule has 0 spiro atoms. The van der Waals surface area contributed by atoms with Crippen molar-refractivity contribution in [3.63, 3.8) is 0 Å². The summed E-state index contributed by atoms with van der Waals surface area (Å²) in [5, 5.41) is 13.7. The van der Waals surface area contributed by atoms with E-state index in [0.717, 1.165) is 6.07 Å². The van der Waals surface area contributed by atoms with Gasteiger partial charge in [0.05, 0.1) is 9.82 Å². The Hall–Kier alpha value is -1.67. The molecule has 1 aromatic rings. The maximum Gasteiger partial charge on any atom is 0.293 e. The number of nitrogens with zero attached hydrogens (tertiary/aromatic N) is 2. The van der Waals surface area contributed by atoms with Crippen LogP contribution in [0.4, 0.5) is 11.4 Å². The number of sulfonamides is 1. The van der Waals surface area contributed by atoms with Crippen molar-refractivity contribution in [2.24, 2.45) is 0 Å². The summed E-state index contributed by atoms with van der Waals surface area (Å²) in [5.74, 6) is 0.